The Kier molecular flexibility index (Phi) is 5.04. The van der Waals surface area contributed by atoms with Crippen LogP contribution in [0.3, 0.4) is 0 Å². The molecule has 2 aromatic carbocycles. The molecule has 0 saturated heterocycles. The lowest BCUT2D eigenvalue weighted by atomic mass is 10.1. The zero-order valence-electron chi connectivity index (χ0n) is 11.5. The van der Waals surface area contributed by atoms with Gasteiger partial charge in [0.2, 0.25) is 0 Å². The van der Waals surface area contributed by atoms with Gasteiger partial charge in [0, 0.05) is 5.56 Å². The van der Waals surface area contributed by atoms with Crippen molar-refractivity contribution in [1.82, 2.24) is 0 Å². The van der Waals surface area contributed by atoms with Crippen LogP contribution in [0.5, 0.6) is 0 Å². The van der Waals surface area contributed by atoms with Crippen molar-refractivity contribution >= 4 is 5.78 Å². The third-order valence-electron chi connectivity index (χ3n) is 3.00. The van der Waals surface area contributed by atoms with E-state index in [4.69, 9.17) is 4.74 Å². The predicted octanol–water partition coefficient (Wildman–Crippen LogP) is 2.97. The zero-order chi connectivity index (χ0) is 14.4. The summed E-state index contributed by atoms with van der Waals surface area (Å²) in [7, 11) is 0. The van der Waals surface area contributed by atoms with Crippen LogP contribution in [-0.2, 0) is 18.0 Å². The maximum atomic E-state index is 11.6. The van der Waals surface area contributed by atoms with Gasteiger partial charge in [0.05, 0.1) is 13.2 Å². The fourth-order valence-corrected chi connectivity index (χ4v) is 1.87. The summed E-state index contributed by atoms with van der Waals surface area (Å²) >= 11 is 0. The molecule has 0 aromatic heterocycles. The van der Waals surface area contributed by atoms with Crippen LogP contribution in [0.25, 0.3) is 0 Å². The van der Waals surface area contributed by atoms with E-state index in [1.54, 1.807) is 12.1 Å². The molecular weight excluding hydrogens is 252 g/mol. The first-order chi connectivity index (χ1) is 9.66. The molecule has 0 radical (unpaired) electrons. The monoisotopic (exact) mass is 270 g/mol. The van der Waals surface area contributed by atoms with E-state index >= 15 is 0 Å². The van der Waals surface area contributed by atoms with Gasteiger partial charge in [-0.25, -0.2) is 0 Å². The summed E-state index contributed by atoms with van der Waals surface area (Å²) in [4.78, 5) is 11.6. The van der Waals surface area contributed by atoms with E-state index in [2.05, 4.69) is 0 Å². The smallest absolute Gasteiger partial charge is 0.190 e. The maximum absolute atomic E-state index is 11.6. The Morgan fingerprint density at radius 1 is 1.00 bits per heavy atom. The van der Waals surface area contributed by atoms with Crippen LogP contribution in [0.4, 0.5) is 0 Å². The van der Waals surface area contributed by atoms with Crippen molar-refractivity contribution in [2.24, 2.45) is 0 Å². The molecular formula is C17H18O3. The number of ketones is 1. The van der Waals surface area contributed by atoms with Crippen molar-refractivity contribution in [3.63, 3.8) is 0 Å². The largest absolute Gasteiger partial charge is 0.385 e. The van der Waals surface area contributed by atoms with Crippen molar-refractivity contribution in [2.75, 3.05) is 0 Å². The number of hydrogen-bond acceptors (Lipinski definition) is 3. The molecule has 2 aromatic rings. The van der Waals surface area contributed by atoms with E-state index in [0.29, 0.717) is 18.8 Å². The molecule has 3 nitrogen and oxygen atoms in total. The highest BCUT2D eigenvalue weighted by Crippen LogP contribution is 2.09. The summed E-state index contributed by atoms with van der Waals surface area (Å²) in [6.45, 7) is 2.53. The third kappa shape index (κ3) is 4.02. The maximum Gasteiger partial charge on any atom is 0.190 e. The van der Waals surface area contributed by atoms with Crippen LogP contribution >= 0.6 is 0 Å². The van der Waals surface area contributed by atoms with E-state index in [9.17, 15) is 9.90 Å². The van der Waals surface area contributed by atoms with E-state index < -0.39 is 6.10 Å². The molecule has 0 aliphatic carbocycles. The van der Waals surface area contributed by atoms with Crippen molar-refractivity contribution in [2.45, 2.75) is 26.2 Å². The van der Waals surface area contributed by atoms with Crippen molar-refractivity contribution in [1.29, 1.82) is 0 Å². The standard InChI is InChI=1S/C17H18O3/c1-13(18)17(19)16-9-7-15(8-10-16)12-20-11-14-5-3-2-4-6-14/h2-10,13,18H,11-12H2,1H3. The minimum atomic E-state index is -0.963. The quantitative estimate of drug-likeness (QED) is 0.821. The van der Waals surface area contributed by atoms with Crippen LogP contribution in [-0.4, -0.2) is 17.0 Å². The summed E-state index contributed by atoms with van der Waals surface area (Å²) in [6, 6.07) is 17.1. The van der Waals surface area contributed by atoms with Gasteiger partial charge in [-0.15, -0.1) is 0 Å². The molecule has 1 N–H and O–H groups in total. The normalized spacial score (nSPS) is 12.1. The Bertz CT molecular complexity index is 544. The summed E-state index contributed by atoms with van der Waals surface area (Å²) in [5.74, 6) is -0.262. The number of ether oxygens (including phenoxy) is 1. The minimum Gasteiger partial charge on any atom is -0.385 e. The summed E-state index contributed by atoms with van der Waals surface area (Å²) < 4.78 is 5.62. The van der Waals surface area contributed by atoms with Crippen molar-refractivity contribution < 1.29 is 14.6 Å². The molecule has 3 heteroatoms. The molecule has 0 saturated carbocycles. The molecule has 0 aliphatic rings. The lowest BCUT2D eigenvalue weighted by Gasteiger charge is -2.07. The van der Waals surface area contributed by atoms with Crippen LogP contribution in [0.15, 0.2) is 54.6 Å². The highest BCUT2D eigenvalue weighted by Gasteiger charge is 2.11. The number of aliphatic hydroxyl groups excluding tert-OH is 1. The van der Waals surface area contributed by atoms with Gasteiger partial charge in [-0.3, -0.25) is 4.79 Å². The molecule has 1 atom stereocenters. The average Bonchev–Trinajstić information content (AvgIpc) is 2.48. The topological polar surface area (TPSA) is 46.5 Å². The van der Waals surface area contributed by atoms with Crippen LogP contribution in [0.1, 0.15) is 28.4 Å². The van der Waals surface area contributed by atoms with Crippen LogP contribution in [0, 0.1) is 0 Å². The second-order valence-electron chi connectivity index (χ2n) is 4.72. The van der Waals surface area contributed by atoms with E-state index in [0.717, 1.165) is 11.1 Å². The Labute approximate surface area is 118 Å². The second kappa shape index (κ2) is 6.98. The van der Waals surface area contributed by atoms with Crippen molar-refractivity contribution in [3.05, 3.63) is 71.3 Å². The number of hydrogen-bond donors (Lipinski definition) is 1. The SMILES string of the molecule is CC(O)C(=O)c1ccc(COCc2ccccc2)cc1. The van der Waals surface area contributed by atoms with Gasteiger partial charge in [-0.1, -0.05) is 54.6 Å². The van der Waals surface area contributed by atoms with Crippen molar-refractivity contribution in [3.8, 4) is 0 Å². The number of benzene rings is 2. The highest BCUT2D eigenvalue weighted by molar-refractivity contribution is 5.99. The van der Waals surface area contributed by atoms with E-state index in [1.807, 2.05) is 42.5 Å². The van der Waals surface area contributed by atoms with Gasteiger partial charge >= 0.3 is 0 Å². The fraction of sp³-hybridized carbons (Fsp3) is 0.235. The molecule has 104 valence electrons. The molecule has 0 aliphatic heterocycles. The lowest BCUT2D eigenvalue weighted by Crippen LogP contribution is -2.15. The molecule has 0 fully saturated rings. The zero-order valence-corrected chi connectivity index (χ0v) is 11.5. The molecule has 0 spiro atoms. The first-order valence-corrected chi connectivity index (χ1v) is 6.59. The number of aliphatic hydroxyl groups is 1. The number of rotatable bonds is 6. The predicted molar refractivity (Wildman–Crippen MR) is 77.4 cm³/mol. The summed E-state index contributed by atoms with van der Waals surface area (Å²) in [5, 5.41) is 9.24. The Hall–Kier alpha value is -1.97. The first-order valence-electron chi connectivity index (χ1n) is 6.59. The molecule has 0 bridgehead atoms. The molecule has 1 unspecified atom stereocenters. The third-order valence-corrected chi connectivity index (χ3v) is 3.00. The summed E-state index contributed by atoms with van der Waals surface area (Å²) in [5.41, 5.74) is 2.66. The fourth-order valence-electron chi connectivity index (χ4n) is 1.87. The Morgan fingerprint density at radius 2 is 1.55 bits per heavy atom. The van der Waals surface area contributed by atoms with Gasteiger partial charge in [0.1, 0.15) is 6.10 Å². The molecule has 0 heterocycles. The summed E-state index contributed by atoms with van der Waals surface area (Å²) in [6.07, 6.45) is -0.963. The molecule has 20 heavy (non-hydrogen) atoms. The minimum absolute atomic E-state index is 0.262. The van der Waals surface area contributed by atoms with Gasteiger partial charge in [-0.05, 0) is 18.1 Å². The number of carbonyl (C=O) groups is 1. The Balaban J connectivity index is 1.87. The second-order valence-corrected chi connectivity index (χ2v) is 4.72. The van der Waals surface area contributed by atoms with Gasteiger partial charge < -0.3 is 9.84 Å². The first kappa shape index (κ1) is 14.4. The highest BCUT2D eigenvalue weighted by atomic mass is 16.5. The number of Topliss-reactive ketones (excluding diaryl/α,β-unsaturated/α-hetero) is 1. The number of carbonyl (C=O) groups excluding carboxylic acids is 1. The molecule has 0 amide bonds. The van der Waals surface area contributed by atoms with Gasteiger partial charge in [0.15, 0.2) is 5.78 Å². The van der Waals surface area contributed by atoms with Crippen LogP contribution in [0.2, 0.25) is 0 Å². The van der Waals surface area contributed by atoms with Crippen LogP contribution < -0.4 is 0 Å². The van der Waals surface area contributed by atoms with E-state index in [1.165, 1.54) is 6.92 Å². The average molecular weight is 270 g/mol. The molecule has 2 rings (SSSR count). The lowest BCUT2D eigenvalue weighted by molar-refractivity contribution is 0.0779. The van der Waals surface area contributed by atoms with Gasteiger partial charge in [0.25, 0.3) is 0 Å². The van der Waals surface area contributed by atoms with E-state index in [-0.39, 0.29) is 5.78 Å². The Morgan fingerprint density at radius 3 is 2.10 bits per heavy atom. The van der Waals surface area contributed by atoms with Gasteiger partial charge in [-0.2, -0.15) is 0 Å².